The molecule has 198 valence electrons. The van der Waals surface area contributed by atoms with Crippen LogP contribution in [0.1, 0.15) is 50.1 Å². The number of carbonyl (C=O) groups excluding carboxylic acids is 1. The van der Waals surface area contributed by atoms with Crippen molar-refractivity contribution >= 4 is 33.4 Å². The molecule has 0 spiro atoms. The van der Waals surface area contributed by atoms with Gasteiger partial charge in [0, 0.05) is 24.4 Å². The Morgan fingerprint density at radius 3 is 2.74 bits per heavy atom. The van der Waals surface area contributed by atoms with Gasteiger partial charge in [-0.25, -0.2) is 27.9 Å². The van der Waals surface area contributed by atoms with Gasteiger partial charge < -0.3 is 10.1 Å². The largest absolute Gasteiger partial charge is 0.443 e. The lowest BCUT2D eigenvalue weighted by molar-refractivity contribution is 0.0584. The van der Waals surface area contributed by atoms with E-state index in [1.807, 2.05) is 19.1 Å². The van der Waals surface area contributed by atoms with Gasteiger partial charge in [0.25, 0.3) is 0 Å². The highest BCUT2D eigenvalue weighted by molar-refractivity contribution is 7.91. The Morgan fingerprint density at radius 1 is 1.26 bits per heavy atom. The molecular weight excluding hydrogens is 506 g/mol. The third-order valence-corrected chi connectivity index (χ3v) is 8.15. The van der Waals surface area contributed by atoms with Crippen LogP contribution in [0.25, 0.3) is 11.3 Å². The Kier molecular flexibility index (Phi) is 6.35. The van der Waals surface area contributed by atoms with Crippen molar-refractivity contribution in [2.24, 2.45) is 0 Å². The number of hydrogen-bond donors (Lipinski definition) is 1. The fourth-order valence-electron chi connectivity index (χ4n) is 4.83. The molecule has 38 heavy (non-hydrogen) atoms. The van der Waals surface area contributed by atoms with Crippen LogP contribution in [0.4, 0.5) is 22.2 Å². The molecule has 3 aromatic rings. The summed E-state index contributed by atoms with van der Waals surface area (Å²) < 4.78 is 31.2. The maximum absolute atomic E-state index is 12.8. The molecule has 2 aromatic heterocycles. The standard InChI is InChI=1S/C26H29N7O4S/c1-16-11-22(33(31-16)20-7-10-38(35,36)15-20)30-24-28-8-5-21(29-24)18-12-17-6-9-32(23(17)19(13-18)14-27)25(34)37-26(2,3)4/h5,8,11-13,20H,6-7,9-10,15H2,1-4H3,(H,28,29,30). The van der Waals surface area contributed by atoms with Crippen molar-refractivity contribution in [1.82, 2.24) is 19.7 Å². The second-order valence-corrected chi connectivity index (χ2v) is 12.8. The van der Waals surface area contributed by atoms with Crippen molar-refractivity contribution in [3.8, 4) is 17.3 Å². The molecule has 4 heterocycles. The van der Waals surface area contributed by atoms with Crippen molar-refractivity contribution in [3.05, 3.63) is 47.3 Å². The number of sulfone groups is 1. The Morgan fingerprint density at radius 2 is 2.05 bits per heavy atom. The van der Waals surface area contributed by atoms with Crippen molar-refractivity contribution in [1.29, 1.82) is 5.26 Å². The summed E-state index contributed by atoms with van der Waals surface area (Å²) in [5, 5.41) is 17.6. The third kappa shape index (κ3) is 5.19. The van der Waals surface area contributed by atoms with E-state index in [1.165, 1.54) is 4.90 Å². The van der Waals surface area contributed by atoms with Crippen LogP contribution in [-0.2, 0) is 21.0 Å². The minimum absolute atomic E-state index is 0.0517. The number of carbonyl (C=O) groups is 1. The van der Waals surface area contributed by atoms with E-state index in [2.05, 4.69) is 26.5 Å². The van der Waals surface area contributed by atoms with E-state index in [9.17, 15) is 18.5 Å². The smallest absolute Gasteiger partial charge is 0.414 e. The molecule has 2 aliphatic heterocycles. The van der Waals surface area contributed by atoms with Crippen LogP contribution < -0.4 is 10.2 Å². The van der Waals surface area contributed by atoms with E-state index in [0.717, 1.165) is 16.8 Å². The van der Waals surface area contributed by atoms with Gasteiger partial charge >= 0.3 is 6.09 Å². The molecule has 1 saturated heterocycles. The molecule has 0 radical (unpaired) electrons. The molecule has 12 heteroatoms. The van der Waals surface area contributed by atoms with Crippen LogP contribution in [0, 0.1) is 18.3 Å². The molecule has 1 aromatic carbocycles. The first-order valence-electron chi connectivity index (χ1n) is 12.4. The molecule has 1 N–H and O–H groups in total. The lowest BCUT2D eigenvalue weighted by Crippen LogP contribution is -2.36. The van der Waals surface area contributed by atoms with Crippen LogP contribution in [0.3, 0.4) is 0 Å². The minimum atomic E-state index is -3.08. The second kappa shape index (κ2) is 9.40. The maximum Gasteiger partial charge on any atom is 0.414 e. The maximum atomic E-state index is 12.8. The number of amides is 1. The summed E-state index contributed by atoms with van der Waals surface area (Å²) in [6.45, 7) is 7.69. The van der Waals surface area contributed by atoms with E-state index < -0.39 is 21.5 Å². The minimum Gasteiger partial charge on any atom is -0.443 e. The molecule has 1 amide bonds. The van der Waals surface area contributed by atoms with E-state index in [-0.39, 0.29) is 17.5 Å². The fourth-order valence-corrected chi connectivity index (χ4v) is 6.52. The van der Waals surface area contributed by atoms with Gasteiger partial charge in [-0.1, -0.05) is 0 Å². The number of anilines is 3. The van der Waals surface area contributed by atoms with Crippen molar-refractivity contribution in [2.45, 2.75) is 52.2 Å². The molecular formula is C26H29N7O4S. The van der Waals surface area contributed by atoms with Gasteiger partial charge in [-0.3, -0.25) is 4.90 Å². The summed E-state index contributed by atoms with van der Waals surface area (Å²) in [5.41, 5.74) is 3.24. The summed E-state index contributed by atoms with van der Waals surface area (Å²) in [6.07, 6.45) is 2.24. The Hall–Kier alpha value is -3.98. The SMILES string of the molecule is Cc1cc(Nc2nccc(-c3cc(C#N)c4c(c3)CCN4C(=O)OC(C)(C)C)n2)n(C2CCS(=O)(=O)C2)n1. The Balaban J connectivity index is 1.43. The molecule has 11 nitrogen and oxygen atoms in total. The topological polar surface area (TPSA) is 143 Å². The number of fused-ring (bicyclic) bond motifs is 1. The number of nitrogens with zero attached hydrogens (tertiary/aromatic N) is 6. The lowest BCUT2D eigenvalue weighted by Gasteiger charge is -2.25. The number of aryl methyl sites for hydroxylation is 1. The van der Waals surface area contributed by atoms with Gasteiger partial charge in [0.2, 0.25) is 5.95 Å². The lowest BCUT2D eigenvalue weighted by atomic mass is 10.0. The average molecular weight is 536 g/mol. The number of hydrogen-bond acceptors (Lipinski definition) is 9. The van der Waals surface area contributed by atoms with Crippen molar-refractivity contribution < 1.29 is 17.9 Å². The zero-order chi connectivity index (χ0) is 27.2. The van der Waals surface area contributed by atoms with Crippen LogP contribution >= 0.6 is 0 Å². The van der Waals surface area contributed by atoms with Crippen LogP contribution in [-0.4, -0.2) is 57.9 Å². The monoisotopic (exact) mass is 535 g/mol. The predicted molar refractivity (Wildman–Crippen MR) is 142 cm³/mol. The number of aromatic nitrogens is 4. The zero-order valence-electron chi connectivity index (χ0n) is 21.7. The molecule has 0 bridgehead atoms. The number of benzene rings is 1. The normalized spacial score (nSPS) is 18.2. The summed E-state index contributed by atoms with van der Waals surface area (Å²) in [7, 11) is -3.08. The first-order valence-corrected chi connectivity index (χ1v) is 14.2. The van der Waals surface area contributed by atoms with Crippen LogP contribution in [0.2, 0.25) is 0 Å². The summed E-state index contributed by atoms with van der Waals surface area (Å²) in [6, 6.07) is 9.20. The van der Waals surface area contributed by atoms with Gasteiger partial charge in [0.1, 0.15) is 17.5 Å². The summed E-state index contributed by atoms with van der Waals surface area (Å²) in [5.74, 6) is 1.13. The van der Waals surface area contributed by atoms with Gasteiger partial charge in [-0.05, 0) is 64.3 Å². The highest BCUT2D eigenvalue weighted by atomic mass is 32.2. The van der Waals surface area contributed by atoms with Crippen molar-refractivity contribution in [2.75, 3.05) is 28.3 Å². The molecule has 1 unspecified atom stereocenters. The highest BCUT2D eigenvalue weighted by Gasteiger charge is 2.33. The summed E-state index contributed by atoms with van der Waals surface area (Å²) in [4.78, 5) is 23.3. The highest BCUT2D eigenvalue weighted by Crippen LogP contribution is 2.37. The number of ether oxygens (including phenoxy) is 1. The predicted octanol–water partition coefficient (Wildman–Crippen LogP) is 3.92. The van der Waals surface area contributed by atoms with E-state index >= 15 is 0 Å². The van der Waals surface area contributed by atoms with Crippen molar-refractivity contribution in [3.63, 3.8) is 0 Å². The third-order valence-electron chi connectivity index (χ3n) is 6.40. The molecule has 5 rings (SSSR count). The van der Waals surface area contributed by atoms with E-state index in [0.29, 0.717) is 48.1 Å². The van der Waals surface area contributed by atoms with Crippen LogP contribution in [0.15, 0.2) is 30.5 Å². The first-order chi connectivity index (χ1) is 17.9. The second-order valence-electron chi connectivity index (χ2n) is 10.6. The molecule has 0 aliphatic carbocycles. The molecule has 0 saturated carbocycles. The summed E-state index contributed by atoms with van der Waals surface area (Å²) >= 11 is 0. The first kappa shape index (κ1) is 25.7. The average Bonchev–Trinajstić information content (AvgIpc) is 3.53. The van der Waals surface area contributed by atoms with Gasteiger partial charge in [0.05, 0.1) is 40.2 Å². The Bertz CT molecular complexity index is 1570. The molecule has 1 atom stereocenters. The molecule has 2 aliphatic rings. The van der Waals surface area contributed by atoms with Gasteiger partial charge in [0.15, 0.2) is 9.84 Å². The van der Waals surface area contributed by atoms with Gasteiger partial charge in [-0.2, -0.15) is 10.4 Å². The molecule has 1 fully saturated rings. The van der Waals surface area contributed by atoms with E-state index in [1.54, 1.807) is 43.8 Å². The number of rotatable bonds is 4. The van der Waals surface area contributed by atoms with Crippen LogP contribution in [0.5, 0.6) is 0 Å². The Labute approximate surface area is 221 Å². The van der Waals surface area contributed by atoms with E-state index in [4.69, 9.17) is 4.74 Å². The zero-order valence-corrected chi connectivity index (χ0v) is 22.5. The van der Waals surface area contributed by atoms with Gasteiger partial charge in [-0.15, -0.1) is 0 Å². The fraction of sp³-hybridized carbons (Fsp3) is 0.423. The quantitative estimate of drug-likeness (QED) is 0.526. The number of nitriles is 1. The number of nitrogens with one attached hydrogen (secondary N) is 1.